The molecule has 0 saturated carbocycles. The van der Waals surface area contributed by atoms with Gasteiger partial charge in [-0.05, 0) is 43.9 Å². The van der Waals surface area contributed by atoms with Crippen molar-refractivity contribution in [3.05, 3.63) is 34.9 Å². The molecule has 1 aromatic carbocycles. The minimum absolute atomic E-state index is 0.00560. The molecule has 1 fully saturated rings. The minimum Gasteiger partial charge on any atom is -0.447 e. The Kier molecular flexibility index (Phi) is 2.61. The Bertz CT molecular complexity index is 533. The average molecular weight is 261 g/mol. The van der Waals surface area contributed by atoms with Crippen LogP contribution in [0.25, 0.3) is 0 Å². The van der Waals surface area contributed by atoms with E-state index in [0.29, 0.717) is 6.61 Å². The minimum atomic E-state index is -0.864. The molecule has 0 aliphatic carbocycles. The summed E-state index contributed by atoms with van der Waals surface area (Å²) in [6.07, 6.45) is 0.530. The Morgan fingerprint density at radius 1 is 1.42 bits per heavy atom. The van der Waals surface area contributed by atoms with Gasteiger partial charge >= 0.3 is 6.09 Å². The maximum absolute atomic E-state index is 11.8. The van der Waals surface area contributed by atoms with Gasteiger partial charge in [-0.25, -0.2) is 4.79 Å². The Balaban J connectivity index is 2.12. The summed E-state index contributed by atoms with van der Waals surface area (Å²) in [5.41, 5.74) is 2.38. The Morgan fingerprint density at radius 3 is 2.84 bits per heavy atom. The van der Waals surface area contributed by atoms with Crippen LogP contribution in [0, 0.1) is 0 Å². The van der Waals surface area contributed by atoms with Gasteiger partial charge in [-0.2, -0.15) is 0 Å². The van der Waals surface area contributed by atoms with Gasteiger partial charge in [-0.15, -0.1) is 0 Å². The van der Waals surface area contributed by atoms with E-state index in [4.69, 9.17) is 4.74 Å². The van der Waals surface area contributed by atoms with Gasteiger partial charge in [0.15, 0.2) is 0 Å². The molecule has 1 saturated heterocycles. The third-order valence-corrected chi connectivity index (χ3v) is 4.18. The fourth-order valence-corrected chi connectivity index (χ4v) is 3.29. The summed E-state index contributed by atoms with van der Waals surface area (Å²) < 4.78 is 5.15. The molecule has 0 radical (unpaired) electrons. The van der Waals surface area contributed by atoms with Crippen LogP contribution in [0.2, 0.25) is 0 Å². The number of ether oxygens (including phenoxy) is 1. The summed E-state index contributed by atoms with van der Waals surface area (Å²) in [5.74, 6) is 0. The Morgan fingerprint density at radius 2 is 2.16 bits per heavy atom. The number of carbonyl (C=O) groups excluding carboxylic acids is 1. The molecular weight excluding hydrogens is 242 g/mol. The molecule has 2 atom stereocenters. The summed E-state index contributed by atoms with van der Waals surface area (Å²) in [4.78, 5) is 13.6. The fourth-order valence-electron chi connectivity index (χ4n) is 3.29. The maximum atomic E-state index is 11.8. The number of rotatable bonds is 1. The number of aliphatic hydroxyl groups is 1. The molecule has 1 aromatic rings. The predicted molar refractivity (Wildman–Crippen MR) is 70.8 cm³/mol. The van der Waals surface area contributed by atoms with Crippen LogP contribution in [0.5, 0.6) is 0 Å². The molecule has 19 heavy (non-hydrogen) atoms. The summed E-state index contributed by atoms with van der Waals surface area (Å²) in [6.45, 7) is 6.07. The quantitative estimate of drug-likeness (QED) is 0.844. The van der Waals surface area contributed by atoms with Gasteiger partial charge in [-0.1, -0.05) is 18.2 Å². The van der Waals surface area contributed by atoms with E-state index in [0.717, 1.165) is 17.5 Å². The van der Waals surface area contributed by atoms with Crippen molar-refractivity contribution in [1.82, 2.24) is 4.90 Å². The van der Waals surface area contributed by atoms with Crippen molar-refractivity contribution >= 4 is 6.09 Å². The number of hydrogen-bond donors (Lipinski definition) is 1. The Hall–Kier alpha value is -1.55. The lowest BCUT2D eigenvalue weighted by atomic mass is 9.82. The van der Waals surface area contributed by atoms with Crippen molar-refractivity contribution in [2.75, 3.05) is 6.61 Å². The highest BCUT2D eigenvalue weighted by atomic mass is 16.6. The molecule has 102 valence electrons. The van der Waals surface area contributed by atoms with E-state index in [1.807, 2.05) is 30.0 Å². The van der Waals surface area contributed by atoms with Crippen LogP contribution in [0.15, 0.2) is 18.2 Å². The zero-order chi connectivity index (χ0) is 13.8. The van der Waals surface area contributed by atoms with Crippen molar-refractivity contribution < 1.29 is 14.6 Å². The zero-order valence-corrected chi connectivity index (χ0v) is 11.5. The largest absolute Gasteiger partial charge is 0.447 e. The zero-order valence-electron chi connectivity index (χ0n) is 11.5. The standard InChI is InChI=1S/C15H19NO3/c1-9-11-5-4-6-13(15(2,3)18)12(11)7-10-8-19-14(17)16(9)10/h4-6,9-10,18H,7-8H2,1-3H3/t9-,10+/m0/s1. The molecule has 1 amide bonds. The van der Waals surface area contributed by atoms with Crippen LogP contribution in [-0.2, 0) is 16.8 Å². The third-order valence-electron chi connectivity index (χ3n) is 4.18. The molecule has 4 nitrogen and oxygen atoms in total. The van der Waals surface area contributed by atoms with Crippen molar-refractivity contribution in [3.8, 4) is 0 Å². The van der Waals surface area contributed by atoms with Crippen molar-refractivity contribution in [1.29, 1.82) is 0 Å². The molecule has 0 bridgehead atoms. The smallest absolute Gasteiger partial charge is 0.410 e. The highest BCUT2D eigenvalue weighted by Gasteiger charge is 2.42. The SMILES string of the molecule is C[C@H]1c2cccc(C(C)(C)O)c2C[C@@H]2COC(=O)N21. The molecule has 3 rings (SSSR count). The number of cyclic esters (lactones) is 1. The highest BCUT2D eigenvalue weighted by molar-refractivity contribution is 5.72. The number of amides is 1. The van der Waals surface area contributed by atoms with Crippen LogP contribution < -0.4 is 0 Å². The fraction of sp³-hybridized carbons (Fsp3) is 0.533. The third kappa shape index (κ3) is 1.82. The van der Waals surface area contributed by atoms with Gasteiger partial charge in [0.25, 0.3) is 0 Å². The van der Waals surface area contributed by atoms with Crippen LogP contribution in [0.1, 0.15) is 43.5 Å². The van der Waals surface area contributed by atoms with Gasteiger partial charge in [0.1, 0.15) is 6.61 Å². The molecule has 0 unspecified atom stereocenters. The average Bonchev–Trinajstić information content (AvgIpc) is 2.69. The van der Waals surface area contributed by atoms with Crippen LogP contribution in [0.3, 0.4) is 0 Å². The lowest BCUT2D eigenvalue weighted by molar-refractivity contribution is 0.0762. The summed E-state index contributed by atoms with van der Waals surface area (Å²) in [6, 6.07) is 6.06. The van der Waals surface area contributed by atoms with Crippen molar-refractivity contribution in [3.63, 3.8) is 0 Å². The lowest BCUT2D eigenvalue weighted by Crippen LogP contribution is -2.42. The lowest BCUT2D eigenvalue weighted by Gasteiger charge is -2.37. The van der Waals surface area contributed by atoms with Gasteiger partial charge < -0.3 is 9.84 Å². The van der Waals surface area contributed by atoms with Crippen molar-refractivity contribution in [2.45, 2.75) is 44.9 Å². The molecule has 2 aliphatic heterocycles. The number of carbonyl (C=O) groups is 1. The van der Waals surface area contributed by atoms with E-state index in [1.165, 1.54) is 5.56 Å². The monoisotopic (exact) mass is 261 g/mol. The molecule has 1 N–H and O–H groups in total. The topological polar surface area (TPSA) is 49.8 Å². The molecular formula is C15H19NO3. The van der Waals surface area contributed by atoms with E-state index in [2.05, 4.69) is 0 Å². The number of fused-ring (bicyclic) bond motifs is 2. The second kappa shape index (κ2) is 3.97. The van der Waals surface area contributed by atoms with Crippen LogP contribution >= 0.6 is 0 Å². The first-order valence-electron chi connectivity index (χ1n) is 6.69. The second-order valence-corrected chi connectivity index (χ2v) is 5.95. The first-order valence-corrected chi connectivity index (χ1v) is 6.69. The van der Waals surface area contributed by atoms with Crippen molar-refractivity contribution in [2.24, 2.45) is 0 Å². The van der Waals surface area contributed by atoms with E-state index in [9.17, 15) is 9.90 Å². The first kappa shape index (κ1) is 12.5. The van der Waals surface area contributed by atoms with Crippen LogP contribution in [0.4, 0.5) is 4.79 Å². The summed E-state index contributed by atoms with van der Waals surface area (Å²) in [7, 11) is 0. The maximum Gasteiger partial charge on any atom is 0.410 e. The molecule has 4 heteroatoms. The second-order valence-electron chi connectivity index (χ2n) is 5.95. The van der Waals surface area contributed by atoms with E-state index < -0.39 is 5.60 Å². The van der Waals surface area contributed by atoms with E-state index in [1.54, 1.807) is 13.8 Å². The number of benzene rings is 1. The summed E-state index contributed by atoms with van der Waals surface area (Å²) in [5, 5.41) is 10.3. The van der Waals surface area contributed by atoms with E-state index in [-0.39, 0.29) is 18.2 Å². The van der Waals surface area contributed by atoms with Crippen LogP contribution in [-0.4, -0.2) is 28.7 Å². The van der Waals surface area contributed by atoms with E-state index >= 15 is 0 Å². The summed E-state index contributed by atoms with van der Waals surface area (Å²) >= 11 is 0. The van der Waals surface area contributed by atoms with Gasteiger partial charge in [0.2, 0.25) is 0 Å². The predicted octanol–water partition coefficient (Wildman–Crippen LogP) is 2.35. The highest BCUT2D eigenvalue weighted by Crippen LogP contribution is 2.39. The van der Waals surface area contributed by atoms with Gasteiger partial charge in [0.05, 0.1) is 17.7 Å². The number of hydrogen-bond acceptors (Lipinski definition) is 3. The number of nitrogens with zero attached hydrogens (tertiary/aromatic N) is 1. The Labute approximate surface area is 113 Å². The molecule has 2 heterocycles. The molecule has 0 spiro atoms. The molecule has 0 aromatic heterocycles. The van der Waals surface area contributed by atoms with Gasteiger partial charge in [-0.3, -0.25) is 4.90 Å². The normalized spacial score (nSPS) is 25.9. The van der Waals surface area contributed by atoms with Gasteiger partial charge in [0, 0.05) is 0 Å². The molecule has 2 aliphatic rings. The first-order chi connectivity index (χ1) is 8.89.